The molecule has 1 aliphatic carbocycles. The van der Waals surface area contributed by atoms with Crippen LogP contribution >= 0.6 is 0 Å². The lowest BCUT2D eigenvalue weighted by Crippen LogP contribution is -2.35. The van der Waals surface area contributed by atoms with Crippen molar-refractivity contribution in [3.05, 3.63) is 82.4 Å². The normalized spacial score (nSPS) is 22.8. The molecule has 3 rings (SSSR count). The van der Waals surface area contributed by atoms with Gasteiger partial charge >= 0.3 is 0 Å². The minimum absolute atomic E-state index is 0.206. The summed E-state index contributed by atoms with van der Waals surface area (Å²) in [6.07, 6.45) is 9.55. The summed E-state index contributed by atoms with van der Waals surface area (Å²) in [7, 11) is 0. The maximum absolute atomic E-state index is 2.49. The number of allylic oxidation sites excluding steroid dienone is 2. The number of fused-ring (bicyclic) bond motifs is 1. The number of rotatable bonds is 5. The van der Waals surface area contributed by atoms with E-state index in [0.29, 0.717) is 5.92 Å². The molecule has 1 aliphatic rings. The van der Waals surface area contributed by atoms with Gasteiger partial charge in [0.15, 0.2) is 0 Å². The van der Waals surface area contributed by atoms with Crippen LogP contribution in [0.5, 0.6) is 0 Å². The zero-order chi connectivity index (χ0) is 18.7. The highest BCUT2D eigenvalue weighted by Gasteiger charge is 2.40. The molecule has 0 spiro atoms. The van der Waals surface area contributed by atoms with E-state index in [-0.39, 0.29) is 5.41 Å². The highest BCUT2D eigenvalue weighted by molar-refractivity contribution is 5.43. The van der Waals surface area contributed by atoms with Crippen molar-refractivity contribution in [1.29, 1.82) is 0 Å². The van der Waals surface area contributed by atoms with Crippen molar-refractivity contribution >= 4 is 0 Å². The summed E-state index contributed by atoms with van der Waals surface area (Å²) in [4.78, 5) is 0. The van der Waals surface area contributed by atoms with Crippen LogP contribution in [0, 0.1) is 19.8 Å². The molecule has 2 aromatic carbocycles. The second-order valence-electron chi connectivity index (χ2n) is 8.88. The Kier molecular flexibility index (Phi) is 5.70. The summed E-state index contributed by atoms with van der Waals surface area (Å²) in [5, 5.41) is 0. The predicted molar refractivity (Wildman–Crippen MR) is 114 cm³/mol. The van der Waals surface area contributed by atoms with Crippen LogP contribution in [0.3, 0.4) is 0 Å². The molecular formula is C26H34. The molecule has 0 unspecified atom stereocenters. The Balaban J connectivity index is 1.98. The zero-order valence-electron chi connectivity index (χ0n) is 17.2. The van der Waals surface area contributed by atoms with Gasteiger partial charge in [-0.3, -0.25) is 0 Å². The third kappa shape index (κ3) is 3.95. The van der Waals surface area contributed by atoms with Gasteiger partial charge in [-0.15, -0.1) is 0 Å². The number of benzene rings is 2. The Morgan fingerprint density at radius 2 is 1.69 bits per heavy atom. The van der Waals surface area contributed by atoms with E-state index in [1.807, 2.05) is 0 Å². The first kappa shape index (κ1) is 19.0. The maximum atomic E-state index is 2.49. The molecule has 0 heteroatoms. The van der Waals surface area contributed by atoms with Gasteiger partial charge in [-0.05, 0) is 73.5 Å². The predicted octanol–water partition coefficient (Wildman–Crippen LogP) is 7.28. The van der Waals surface area contributed by atoms with E-state index in [0.717, 1.165) is 12.3 Å². The van der Waals surface area contributed by atoms with Crippen molar-refractivity contribution in [1.82, 2.24) is 0 Å². The first-order chi connectivity index (χ1) is 12.4. The third-order valence-electron chi connectivity index (χ3n) is 6.21. The molecule has 0 fully saturated rings. The molecule has 0 heterocycles. The number of aryl methyl sites for hydroxylation is 3. The fourth-order valence-electron chi connectivity index (χ4n) is 4.47. The summed E-state index contributed by atoms with van der Waals surface area (Å²) in [5.74, 6) is 1.29. The third-order valence-corrected chi connectivity index (χ3v) is 6.21. The Hall–Kier alpha value is -1.82. The van der Waals surface area contributed by atoms with E-state index >= 15 is 0 Å². The molecule has 0 amide bonds. The van der Waals surface area contributed by atoms with Crippen molar-refractivity contribution in [2.45, 2.75) is 71.6 Å². The molecule has 2 aromatic rings. The van der Waals surface area contributed by atoms with Gasteiger partial charge in [0.05, 0.1) is 0 Å². The van der Waals surface area contributed by atoms with Gasteiger partial charge in [0.1, 0.15) is 0 Å². The van der Waals surface area contributed by atoms with Gasteiger partial charge in [0, 0.05) is 0 Å². The maximum Gasteiger partial charge on any atom is -0.0000418 e. The van der Waals surface area contributed by atoms with E-state index in [9.17, 15) is 0 Å². The summed E-state index contributed by atoms with van der Waals surface area (Å²) in [6, 6.07) is 16.4. The largest absolute Gasteiger partial charge is 0.0883 e. The van der Waals surface area contributed by atoms with Crippen LogP contribution < -0.4 is 0 Å². The van der Waals surface area contributed by atoms with Crippen molar-refractivity contribution in [3.63, 3.8) is 0 Å². The van der Waals surface area contributed by atoms with Crippen molar-refractivity contribution in [2.24, 2.45) is 5.92 Å². The first-order valence-corrected chi connectivity index (χ1v) is 10.2. The van der Waals surface area contributed by atoms with E-state index in [1.54, 1.807) is 11.1 Å². The Morgan fingerprint density at radius 1 is 1.00 bits per heavy atom. The minimum Gasteiger partial charge on any atom is -0.0883 e. The molecule has 0 aromatic heterocycles. The van der Waals surface area contributed by atoms with E-state index in [1.165, 1.54) is 36.0 Å². The van der Waals surface area contributed by atoms with E-state index < -0.39 is 0 Å². The smallest absolute Gasteiger partial charge is 0.0000418 e. The summed E-state index contributed by atoms with van der Waals surface area (Å²) in [5.41, 5.74) is 7.57. The molecule has 0 N–H and O–H groups in total. The average molecular weight is 347 g/mol. The second-order valence-corrected chi connectivity index (χ2v) is 8.88. The average Bonchev–Trinajstić information content (AvgIpc) is 2.60. The Bertz CT molecular complexity index is 763. The van der Waals surface area contributed by atoms with Crippen LogP contribution in [0.1, 0.15) is 73.8 Å². The molecule has 0 nitrogen and oxygen atoms in total. The standard InChI is InChI=1S/C26H34/c1-19(2)8-6-7-9-25-24-15-12-21(4)18-22(24)16-17-26(25,5)23-13-10-20(3)11-14-23/h6-7,10-15,18-19,25H,8-9,16-17H2,1-5H3/b7-6+/t25-,26-/m1/s1. The summed E-state index contributed by atoms with van der Waals surface area (Å²) >= 11 is 0. The van der Waals surface area contributed by atoms with Gasteiger partial charge in [0.25, 0.3) is 0 Å². The van der Waals surface area contributed by atoms with Crippen LogP contribution in [0.25, 0.3) is 0 Å². The lowest BCUT2D eigenvalue weighted by molar-refractivity contribution is 0.328. The van der Waals surface area contributed by atoms with Crippen LogP contribution in [0.2, 0.25) is 0 Å². The van der Waals surface area contributed by atoms with Gasteiger partial charge in [-0.1, -0.05) is 86.5 Å². The van der Waals surface area contributed by atoms with Crippen LogP contribution in [-0.2, 0) is 11.8 Å². The highest BCUT2D eigenvalue weighted by atomic mass is 14.4. The van der Waals surface area contributed by atoms with Crippen LogP contribution in [-0.4, -0.2) is 0 Å². The summed E-state index contributed by atoms with van der Waals surface area (Å²) in [6.45, 7) is 11.5. The monoisotopic (exact) mass is 346 g/mol. The SMILES string of the molecule is Cc1ccc([C@@]2(C)CCc3cc(C)ccc3[C@H]2C/C=C/CC(C)C)cc1. The second kappa shape index (κ2) is 7.82. The summed E-state index contributed by atoms with van der Waals surface area (Å²) < 4.78 is 0. The molecule has 0 bridgehead atoms. The van der Waals surface area contributed by atoms with Crippen LogP contribution in [0.15, 0.2) is 54.6 Å². The molecule has 26 heavy (non-hydrogen) atoms. The first-order valence-electron chi connectivity index (χ1n) is 10.2. The van der Waals surface area contributed by atoms with Gasteiger partial charge < -0.3 is 0 Å². The minimum atomic E-state index is 0.206. The molecule has 0 aliphatic heterocycles. The van der Waals surface area contributed by atoms with Crippen LogP contribution in [0.4, 0.5) is 0 Å². The van der Waals surface area contributed by atoms with Crippen molar-refractivity contribution in [2.75, 3.05) is 0 Å². The van der Waals surface area contributed by atoms with E-state index in [4.69, 9.17) is 0 Å². The number of hydrogen-bond donors (Lipinski definition) is 0. The highest BCUT2D eigenvalue weighted by Crippen LogP contribution is 2.49. The molecule has 2 atom stereocenters. The Labute approximate surface area is 160 Å². The Morgan fingerprint density at radius 3 is 2.38 bits per heavy atom. The van der Waals surface area contributed by atoms with E-state index in [2.05, 4.69) is 89.2 Å². The van der Waals surface area contributed by atoms with Gasteiger partial charge in [-0.25, -0.2) is 0 Å². The fourth-order valence-corrected chi connectivity index (χ4v) is 4.47. The van der Waals surface area contributed by atoms with Crippen molar-refractivity contribution < 1.29 is 0 Å². The fraction of sp³-hybridized carbons (Fsp3) is 0.462. The molecule has 138 valence electrons. The lowest BCUT2D eigenvalue weighted by atomic mass is 9.60. The molecule has 0 saturated carbocycles. The zero-order valence-corrected chi connectivity index (χ0v) is 17.2. The lowest BCUT2D eigenvalue weighted by Gasteiger charge is -2.43. The quantitative estimate of drug-likeness (QED) is 0.499. The number of hydrogen-bond acceptors (Lipinski definition) is 0. The molecule has 0 saturated heterocycles. The van der Waals surface area contributed by atoms with Gasteiger partial charge in [-0.2, -0.15) is 0 Å². The van der Waals surface area contributed by atoms with Crippen molar-refractivity contribution in [3.8, 4) is 0 Å². The topological polar surface area (TPSA) is 0 Å². The molecular weight excluding hydrogens is 312 g/mol. The van der Waals surface area contributed by atoms with Gasteiger partial charge in [0.2, 0.25) is 0 Å². The molecule has 0 radical (unpaired) electrons.